The van der Waals surface area contributed by atoms with Crippen molar-refractivity contribution in [2.45, 2.75) is 37.6 Å². The van der Waals surface area contributed by atoms with E-state index in [-0.39, 0.29) is 16.9 Å². The number of aromatic nitrogens is 1. The first kappa shape index (κ1) is 25.3. The number of nitrogens with zero attached hydrogens (tertiary/aromatic N) is 1. The maximum Gasteiger partial charge on any atom is 0.417 e. The highest BCUT2D eigenvalue weighted by Gasteiger charge is 2.65. The fourth-order valence-corrected chi connectivity index (χ4v) is 3.98. The lowest BCUT2D eigenvalue weighted by Gasteiger charge is -2.32. The standard InChI is InChI=1S/C22H21F5N2O5/c1-10-15(12-5-6-13(23)16(24)17(12)32-3)18(34-21(10,2)22(25,26)27)19(30)29-11-7-8-28-14(9-11)20(31)33-4/h5-10,15,18H,1-4H3,(H,28,29,30)/t10-,15-,18+,21+/m0/s1. The summed E-state index contributed by atoms with van der Waals surface area (Å²) in [6.07, 6.45) is -5.47. The first-order valence-electron chi connectivity index (χ1n) is 9.97. The summed E-state index contributed by atoms with van der Waals surface area (Å²) < 4.78 is 84.8. The first-order chi connectivity index (χ1) is 15.9. The number of nitrogens with one attached hydrogen (secondary N) is 1. The number of ether oxygens (including phenoxy) is 3. The molecule has 1 amide bonds. The van der Waals surface area contributed by atoms with Gasteiger partial charge in [-0.15, -0.1) is 0 Å². The molecule has 184 valence electrons. The molecule has 1 aliphatic rings. The minimum atomic E-state index is -4.89. The topological polar surface area (TPSA) is 86.8 Å². The van der Waals surface area contributed by atoms with Crippen molar-refractivity contribution in [1.82, 2.24) is 4.98 Å². The molecule has 12 heteroatoms. The van der Waals surface area contributed by atoms with Crippen LogP contribution in [-0.4, -0.2) is 49.0 Å². The molecule has 0 bridgehead atoms. The lowest BCUT2D eigenvalue weighted by Crippen LogP contribution is -2.47. The SMILES string of the molecule is COC(=O)c1cc(NC(=O)[C@@H]2O[C@@](C)(C(F)(F)F)[C@@H](C)[C@H]2c2ccc(F)c(F)c2OC)ccn1. The Bertz CT molecular complexity index is 1110. The number of carbonyl (C=O) groups excluding carboxylic acids is 2. The molecule has 7 nitrogen and oxygen atoms in total. The summed E-state index contributed by atoms with van der Waals surface area (Å²) in [6, 6.07) is 4.27. The number of anilines is 1. The number of carbonyl (C=O) groups is 2. The molecule has 3 rings (SSSR count). The van der Waals surface area contributed by atoms with Gasteiger partial charge in [-0.05, 0) is 25.1 Å². The highest BCUT2D eigenvalue weighted by molar-refractivity contribution is 5.96. The quantitative estimate of drug-likeness (QED) is 0.501. The number of esters is 1. The third-order valence-corrected chi connectivity index (χ3v) is 5.99. The number of hydrogen-bond donors (Lipinski definition) is 1. The predicted molar refractivity (Wildman–Crippen MR) is 108 cm³/mol. The van der Waals surface area contributed by atoms with Gasteiger partial charge in [-0.3, -0.25) is 4.79 Å². The lowest BCUT2D eigenvalue weighted by molar-refractivity contribution is -0.272. The average molecular weight is 488 g/mol. The van der Waals surface area contributed by atoms with Gasteiger partial charge < -0.3 is 19.5 Å². The summed E-state index contributed by atoms with van der Waals surface area (Å²) >= 11 is 0. The number of hydrogen-bond acceptors (Lipinski definition) is 6. The fourth-order valence-electron chi connectivity index (χ4n) is 3.98. The summed E-state index contributed by atoms with van der Waals surface area (Å²) in [7, 11) is 2.16. The van der Waals surface area contributed by atoms with E-state index < -0.39 is 59.0 Å². The van der Waals surface area contributed by atoms with Crippen LogP contribution in [0.15, 0.2) is 30.5 Å². The number of halogens is 5. The van der Waals surface area contributed by atoms with Crippen molar-refractivity contribution in [3.63, 3.8) is 0 Å². The molecular formula is C22H21F5N2O5. The molecule has 2 aromatic rings. The van der Waals surface area contributed by atoms with E-state index in [0.717, 1.165) is 39.3 Å². The molecule has 1 aliphatic heterocycles. The van der Waals surface area contributed by atoms with Crippen molar-refractivity contribution < 1.29 is 45.8 Å². The van der Waals surface area contributed by atoms with Crippen molar-refractivity contribution in [3.8, 4) is 5.75 Å². The van der Waals surface area contributed by atoms with Gasteiger partial charge in [0.2, 0.25) is 5.82 Å². The Balaban J connectivity index is 2.06. The minimum absolute atomic E-state index is 0.0354. The number of amides is 1. The molecular weight excluding hydrogens is 467 g/mol. The lowest BCUT2D eigenvalue weighted by atomic mass is 9.77. The van der Waals surface area contributed by atoms with Crippen LogP contribution in [0, 0.1) is 17.6 Å². The Morgan fingerprint density at radius 1 is 1.18 bits per heavy atom. The van der Waals surface area contributed by atoms with Crippen molar-refractivity contribution in [2.24, 2.45) is 5.92 Å². The van der Waals surface area contributed by atoms with E-state index in [2.05, 4.69) is 15.0 Å². The number of benzene rings is 1. The van der Waals surface area contributed by atoms with Crippen LogP contribution in [0.5, 0.6) is 5.75 Å². The Morgan fingerprint density at radius 2 is 1.85 bits per heavy atom. The number of rotatable bonds is 5. The summed E-state index contributed by atoms with van der Waals surface area (Å²) in [5.74, 6) is -7.84. The van der Waals surface area contributed by atoms with Gasteiger partial charge in [-0.25, -0.2) is 14.2 Å². The average Bonchev–Trinajstić information content (AvgIpc) is 3.07. The highest BCUT2D eigenvalue weighted by Crippen LogP contribution is 2.55. The van der Waals surface area contributed by atoms with Crippen LogP contribution in [-0.2, 0) is 14.3 Å². The number of alkyl halides is 3. The molecule has 1 aromatic heterocycles. The molecule has 0 radical (unpaired) electrons. The minimum Gasteiger partial charge on any atom is -0.493 e. The maximum absolute atomic E-state index is 14.4. The molecule has 34 heavy (non-hydrogen) atoms. The van der Waals surface area contributed by atoms with Gasteiger partial charge in [-0.2, -0.15) is 17.6 Å². The first-order valence-corrected chi connectivity index (χ1v) is 9.97. The molecule has 0 unspecified atom stereocenters. The second-order valence-electron chi connectivity index (χ2n) is 7.85. The van der Waals surface area contributed by atoms with Crippen LogP contribution >= 0.6 is 0 Å². The second-order valence-corrected chi connectivity index (χ2v) is 7.85. The Hall–Kier alpha value is -3.28. The molecule has 0 saturated carbocycles. The molecule has 2 heterocycles. The summed E-state index contributed by atoms with van der Waals surface area (Å²) in [6.45, 7) is 1.99. The Labute approximate surface area is 191 Å². The van der Waals surface area contributed by atoms with Crippen LogP contribution in [0.3, 0.4) is 0 Å². The normalized spacial score (nSPS) is 24.6. The van der Waals surface area contributed by atoms with Gasteiger partial charge in [-0.1, -0.05) is 13.0 Å². The zero-order chi connectivity index (χ0) is 25.4. The van der Waals surface area contributed by atoms with Gasteiger partial charge >= 0.3 is 12.1 Å². The molecule has 0 spiro atoms. The molecule has 1 N–H and O–H groups in total. The Morgan fingerprint density at radius 3 is 2.44 bits per heavy atom. The Kier molecular flexibility index (Phi) is 6.83. The fraction of sp³-hybridized carbons (Fsp3) is 0.409. The monoisotopic (exact) mass is 488 g/mol. The number of methoxy groups -OCH3 is 2. The van der Waals surface area contributed by atoms with Gasteiger partial charge in [0, 0.05) is 29.3 Å². The smallest absolute Gasteiger partial charge is 0.417 e. The van der Waals surface area contributed by atoms with Gasteiger partial charge in [0.25, 0.3) is 5.91 Å². The van der Waals surface area contributed by atoms with Crippen molar-refractivity contribution in [3.05, 3.63) is 53.4 Å². The maximum atomic E-state index is 14.4. The van der Waals surface area contributed by atoms with E-state index in [0.29, 0.717) is 0 Å². The second kappa shape index (κ2) is 9.16. The van der Waals surface area contributed by atoms with E-state index in [1.165, 1.54) is 19.2 Å². The summed E-state index contributed by atoms with van der Waals surface area (Å²) in [5, 5.41) is 2.39. The van der Waals surface area contributed by atoms with Crippen LogP contribution in [0.1, 0.15) is 35.8 Å². The molecule has 1 fully saturated rings. The van der Waals surface area contributed by atoms with Crippen molar-refractivity contribution >= 4 is 17.6 Å². The van der Waals surface area contributed by atoms with Crippen LogP contribution in [0.2, 0.25) is 0 Å². The summed E-state index contributed by atoms with van der Waals surface area (Å²) in [5.41, 5.74) is -3.06. The molecule has 0 aliphatic carbocycles. The number of pyridine rings is 1. The van der Waals surface area contributed by atoms with E-state index in [9.17, 15) is 31.5 Å². The van der Waals surface area contributed by atoms with Crippen LogP contribution in [0.25, 0.3) is 0 Å². The van der Waals surface area contributed by atoms with E-state index in [1.807, 2.05) is 0 Å². The van der Waals surface area contributed by atoms with Gasteiger partial charge in [0.15, 0.2) is 17.2 Å². The van der Waals surface area contributed by atoms with E-state index >= 15 is 0 Å². The molecule has 4 atom stereocenters. The third-order valence-electron chi connectivity index (χ3n) is 5.99. The van der Waals surface area contributed by atoms with Gasteiger partial charge in [0.1, 0.15) is 11.8 Å². The van der Waals surface area contributed by atoms with E-state index in [1.54, 1.807) is 0 Å². The third kappa shape index (κ3) is 4.29. The van der Waals surface area contributed by atoms with Crippen molar-refractivity contribution in [2.75, 3.05) is 19.5 Å². The van der Waals surface area contributed by atoms with Crippen molar-refractivity contribution in [1.29, 1.82) is 0 Å². The van der Waals surface area contributed by atoms with Gasteiger partial charge in [0.05, 0.1) is 14.2 Å². The van der Waals surface area contributed by atoms with Crippen LogP contribution < -0.4 is 10.1 Å². The predicted octanol–water partition coefficient (Wildman–Crippen LogP) is 4.23. The zero-order valence-electron chi connectivity index (χ0n) is 18.5. The molecule has 1 aromatic carbocycles. The summed E-state index contributed by atoms with van der Waals surface area (Å²) in [4.78, 5) is 28.6. The van der Waals surface area contributed by atoms with Crippen LogP contribution in [0.4, 0.5) is 27.6 Å². The van der Waals surface area contributed by atoms with E-state index in [4.69, 9.17) is 9.47 Å². The highest BCUT2D eigenvalue weighted by atomic mass is 19.4. The largest absolute Gasteiger partial charge is 0.493 e. The molecule has 1 saturated heterocycles. The zero-order valence-corrected chi connectivity index (χ0v) is 18.5.